The molecule has 1 aromatic carbocycles. The quantitative estimate of drug-likeness (QED) is 0.755. The van der Waals surface area contributed by atoms with Crippen molar-refractivity contribution in [3.05, 3.63) is 35.4 Å². The Kier molecular flexibility index (Phi) is 2.43. The molecule has 0 aliphatic rings. The second kappa shape index (κ2) is 3.74. The summed E-state index contributed by atoms with van der Waals surface area (Å²) in [5.74, 6) is -0.0946. The normalized spacial score (nSPS) is 10.2. The van der Waals surface area contributed by atoms with Crippen LogP contribution in [0.5, 0.6) is 5.88 Å². The molecule has 0 unspecified atom stereocenters. The summed E-state index contributed by atoms with van der Waals surface area (Å²) in [5.41, 5.74) is 0.637. The van der Waals surface area contributed by atoms with Crippen LogP contribution in [-0.2, 0) is 0 Å². The van der Waals surface area contributed by atoms with E-state index in [2.05, 4.69) is 9.72 Å². The summed E-state index contributed by atoms with van der Waals surface area (Å²) in [7, 11) is 0. The van der Waals surface area contributed by atoms with Crippen molar-refractivity contribution in [2.24, 2.45) is 0 Å². The first kappa shape index (κ1) is 9.73. The summed E-state index contributed by atoms with van der Waals surface area (Å²) < 4.78 is 4.43. The monoisotopic (exact) mass is 223 g/mol. The number of hydrogen-bond donors (Lipinski definition) is 1. The van der Waals surface area contributed by atoms with Crippen LogP contribution in [-0.4, -0.2) is 16.2 Å². The van der Waals surface area contributed by atoms with Gasteiger partial charge < -0.3 is 9.84 Å². The molecular formula is C10H6ClNO3. The predicted octanol–water partition coefficient (Wildman–Crippen LogP) is 2.95. The molecule has 0 aliphatic heterocycles. The van der Waals surface area contributed by atoms with Crippen LogP contribution < -0.4 is 4.74 Å². The lowest BCUT2D eigenvalue weighted by Crippen LogP contribution is -2.05. The van der Waals surface area contributed by atoms with E-state index in [9.17, 15) is 4.79 Å². The van der Waals surface area contributed by atoms with Crippen molar-refractivity contribution in [3.8, 4) is 5.88 Å². The van der Waals surface area contributed by atoms with Crippen molar-refractivity contribution in [1.82, 2.24) is 4.98 Å². The van der Waals surface area contributed by atoms with Gasteiger partial charge in [0.2, 0.25) is 5.88 Å². The Bertz CT molecular complexity index is 527. The van der Waals surface area contributed by atoms with Crippen LogP contribution in [0.1, 0.15) is 0 Å². The molecule has 15 heavy (non-hydrogen) atoms. The van der Waals surface area contributed by atoms with Gasteiger partial charge in [0.15, 0.2) is 0 Å². The number of halogens is 1. The molecular weight excluding hydrogens is 218 g/mol. The summed E-state index contributed by atoms with van der Waals surface area (Å²) in [6.45, 7) is 0. The molecule has 0 aliphatic carbocycles. The van der Waals surface area contributed by atoms with Crippen LogP contribution in [0.25, 0.3) is 10.9 Å². The second-order valence-electron chi connectivity index (χ2n) is 2.84. The molecule has 1 heterocycles. The van der Waals surface area contributed by atoms with Crippen molar-refractivity contribution in [3.63, 3.8) is 0 Å². The highest BCUT2D eigenvalue weighted by Crippen LogP contribution is 2.26. The minimum atomic E-state index is -1.43. The van der Waals surface area contributed by atoms with Gasteiger partial charge in [-0.25, -0.2) is 9.78 Å². The van der Waals surface area contributed by atoms with E-state index in [1.165, 1.54) is 0 Å². The lowest BCUT2D eigenvalue weighted by Gasteiger charge is -2.03. The molecule has 2 aromatic rings. The molecule has 0 spiro atoms. The second-order valence-corrected chi connectivity index (χ2v) is 3.24. The fourth-order valence-electron chi connectivity index (χ4n) is 1.23. The number of rotatable bonds is 1. The standard InChI is InChI=1S/C10H6ClNO3/c11-7-5-6-3-1-2-4-8(6)12-9(7)15-10(13)14/h1-5H,(H,13,14). The Hall–Kier alpha value is -1.81. The third-order valence-electron chi connectivity index (χ3n) is 1.83. The molecule has 5 heteroatoms. The number of pyridine rings is 1. The zero-order chi connectivity index (χ0) is 10.8. The van der Waals surface area contributed by atoms with Crippen molar-refractivity contribution in [2.45, 2.75) is 0 Å². The number of carbonyl (C=O) groups is 1. The van der Waals surface area contributed by atoms with E-state index in [4.69, 9.17) is 16.7 Å². The van der Waals surface area contributed by atoms with E-state index in [-0.39, 0.29) is 10.9 Å². The summed E-state index contributed by atoms with van der Waals surface area (Å²) in [5, 5.41) is 9.45. The highest BCUT2D eigenvalue weighted by Gasteiger charge is 2.09. The first-order valence-corrected chi connectivity index (χ1v) is 4.50. The van der Waals surface area contributed by atoms with Crippen molar-refractivity contribution in [2.75, 3.05) is 0 Å². The van der Waals surface area contributed by atoms with E-state index in [0.29, 0.717) is 5.52 Å². The molecule has 1 aromatic heterocycles. The van der Waals surface area contributed by atoms with Gasteiger partial charge in [-0.3, -0.25) is 0 Å². The van der Waals surface area contributed by atoms with Crippen molar-refractivity contribution >= 4 is 28.7 Å². The van der Waals surface area contributed by atoms with Gasteiger partial charge >= 0.3 is 6.16 Å². The Balaban J connectivity index is 2.56. The molecule has 0 radical (unpaired) electrons. The van der Waals surface area contributed by atoms with Crippen LogP contribution in [0.3, 0.4) is 0 Å². The number of benzene rings is 1. The minimum Gasteiger partial charge on any atom is -0.449 e. The lowest BCUT2D eigenvalue weighted by molar-refractivity contribution is 0.142. The maximum atomic E-state index is 10.3. The molecule has 4 nitrogen and oxygen atoms in total. The Labute approximate surface area is 90.1 Å². The van der Waals surface area contributed by atoms with Gasteiger partial charge in [-0.1, -0.05) is 29.8 Å². The molecule has 0 bridgehead atoms. The maximum Gasteiger partial charge on any atom is 0.512 e. The smallest absolute Gasteiger partial charge is 0.449 e. The number of carboxylic acid groups (broad SMARTS) is 1. The third kappa shape index (κ3) is 1.99. The third-order valence-corrected chi connectivity index (χ3v) is 2.10. The molecule has 0 saturated carbocycles. The van der Waals surface area contributed by atoms with Crippen molar-refractivity contribution < 1.29 is 14.6 Å². The van der Waals surface area contributed by atoms with Crippen LogP contribution in [0.15, 0.2) is 30.3 Å². The number of fused-ring (bicyclic) bond motifs is 1. The van der Waals surface area contributed by atoms with Gasteiger partial charge in [0, 0.05) is 5.39 Å². The lowest BCUT2D eigenvalue weighted by atomic mass is 10.2. The number of para-hydroxylation sites is 1. The minimum absolute atomic E-state index is 0.0946. The van der Waals surface area contributed by atoms with Gasteiger partial charge in [0.1, 0.15) is 5.02 Å². The Morgan fingerprint density at radius 1 is 1.40 bits per heavy atom. The first-order valence-electron chi connectivity index (χ1n) is 4.13. The topological polar surface area (TPSA) is 59.4 Å². The summed E-state index contributed by atoms with van der Waals surface area (Å²) in [6.07, 6.45) is -1.43. The SMILES string of the molecule is O=C(O)Oc1nc2ccccc2cc1Cl. The highest BCUT2D eigenvalue weighted by molar-refractivity contribution is 6.32. The van der Waals surface area contributed by atoms with Gasteiger partial charge in [-0.05, 0) is 12.1 Å². The number of aromatic nitrogens is 1. The molecule has 0 fully saturated rings. The van der Waals surface area contributed by atoms with Crippen LogP contribution in [0.4, 0.5) is 4.79 Å². The number of hydrogen-bond acceptors (Lipinski definition) is 3. The summed E-state index contributed by atoms with van der Waals surface area (Å²) >= 11 is 5.80. The van der Waals surface area contributed by atoms with E-state index < -0.39 is 6.16 Å². The maximum absolute atomic E-state index is 10.3. The van der Waals surface area contributed by atoms with Crippen LogP contribution in [0.2, 0.25) is 5.02 Å². The van der Waals surface area contributed by atoms with Gasteiger partial charge in [-0.15, -0.1) is 0 Å². The Morgan fingerprint density at radius 3 is 2.87 bits per heavy atom. The fraction of sp³-hybridized carbons (Fsp3) is 0. The zero-order valence-electron chi connectivity index (χ0n) is 7.48. The fourth-order valence-corrected chi connectivity index (χ4v) is 1.43. The number of ether oxygens (including phenoxy) is 1. The number of nitrogens with zero attached hydrogens (tertiary/aromatic N) is 1. The van der Waals surface area contributed by atoms with Gasteiger partial charge in [0.05, 0.1) is 5.52 Å². The predicted molar refractivity (Wildman–Crippen MR) is 55.4 cm³/mol. The summed E-state index contributed by atoms with van der Waals surface area (Å²) in [4.78, 5) is 14.3. The average Bonchev–Trinajstić information content (AvgIpc) is 2.18. The largest absolute Gasteiger partial charge is 0.512 e. The van der Waals surface area contributed by atoms with Crippen molar-refractivity contribution in [1.29, 1.82) is 0 Å². The van der Waals surface area contributed by atoms with E-state index in [0.717, 1.165) is 5.39 Å². The first-order chi connectivity index (χ1) is 7.16. The van der Waals surface area contributed by atoms with Crippen LogP contribution >= 0.6 is 11.6 Å². The van der Waals surface area contributed by atoms with Gasteiger partial charge in [-0.2, -0.15) is 0 Å². The molecule has 0 atom stereocenters. The molecule has 0 amide bonds. The summed E-state index contributed by atoms with van der Waals surface area (Å²) in [6, 6.07) is 8.84. The molecule has 2 rings (SSSR count). The molecule has 1 N–H and O–H groups in total. The van der Waals surface area contributed by atoms with Gasteiger partial charge in [0.25, 0.3) is 0 Å². The zero-order valence-corrected chi connectivity index (χ0v) is 8.23. The molecule has 0 saturated heterocycles. The highest BCUT2D eigenvalue weighted by atomic mass is 35.5. The van der Waals surface area contributed by atoms with E-state index >= 15 is 0 Å². The Morgan fingerprint density at radius 2 is 2.13 bits per heavy atom. The average molecular weight is 224 g/mol. The molecule has 76 valence electrons. The van der Waals surface area contributed by atoms with E-state index in [1.807, 2.05) is 12.1 Å². The van der Waals surface area contributed by atoms with Crippen LogP contribution in [0, 0.1) is 0 Å². The van der Waals surface area contributed by atoms with E-state index in [1.54, 1.807) is 18.2 Å².